The van der Waals surface area contributed by atoms with Crippen LogP contribution in [0, 0.1) is 5.82 Å². The van der Waals surface area contributed by atoms with Crippen molar-refractivity contribution in [2.75, 3.05) is 20.7 Å². The second-order valence-corrected chi connectivity index (χ2v) is 4.82. The maximum atomic E-state index is 13.7. The van der Waals surface area contributed by atoms with E-state index in [4.69, 9.17) is 4.74 Å². The van der Waals surface area contributed by atoms with Crippen LogP contribution in [0.1, 0.15) is 24.2 Å². The van der Waals surface area contributed by atoms with Crippen molar-refractivity contribution in [2.45, 2.75) is 19.4 Å². The number of hydrogen-bond acceptors (Lipinski definition) is 3. The van der Waals surface area contributed by atoms with Crippen molar-refractivity contribution >= 4 is 5.91 Å². The van der Waals surface area contributed by atoms with Crippen molar-refractivity contribution in [2.24, 2.45) is 0 Å². The van der Waals surface area contributed by atoms with Crippen LogP contribution in [-0.2, 0) is 0 Å². The minimum Gasteiger partial charge on any atom is -0.497 e. The van der Waals surface area contributed by atoms with Crippen LogP contribution in [0.2, 0.25) is 0 Å². The maximum Gasteiger partial charge on any atom is 0.256 e. The number of likely N-dealkylation sites (N-methyl/N-ethyl adjacent to an activating group) is 1. The van der Waals surface area contributed by atoms with Gasteiger partial charge in [-0.2, -0.15) is 0 Å². The number of hydrogen-bond donors (Lipinski definition) is 1. The molecule has 0 aliphatic rings. The van der Waals surface area contributed by atoms with E-state index in [1.165, 1.54) is 31.2 Å². The second kappa shape index (κ2) is 5.35. The minimum absolute atomic E-state index is 0.0393. The standard InChI is InChI=1S/C13H18FNO3/c1-13(2,17)8-15(3)12(16)10-6-5-9(18-4)7-11(10)14/h5-7,17H,8H2,1-4H3. The molecule has 1 N–H and O–H groups in total. The van der Waals surface area contributed by atoms with Gasteiger partial charge in [-0.3, -0.25) is 4.79 Å². The van der Waals surface area contributed by atoms with Crippen molar-refractivity contribution < 1.29 is 19.0 Å². The van der Waals surface area contributed by atoms with Crippen LogP contribution in [0.3, 0.4) is 0 Å². The lowest BCUT2D eigenvalue weighted by atomic mass is 10.1. The Kier molecular flexibility index (Phi) is 4.29. The van der Waals surface area contributed by atoms with Gasteiger partial charge in [0.25, 0.3) is 5.91 Å². The summed E-state index contributed by atoms with van der Waals surface area (Å²) in [6.45, 7) is 3.29. The smallest absolute Gasteiger partial charge is 0.256 e. The van der Waals surface area contributed by atoms with E-state index in [0.717, 1.165) is 6.07 Å². The average Bonchev–Trinajstić information content (AvgIpc) is 2.25. The molecule has 0 fully saturated rings. The molecule has 0 spiro atoms. The molecule has 0 radical (unpaired) electrons. The largest absolute Gasteiger partial charge is 0.497 e. The molecule has 1 aromatic rings. The van der Waals surface area contributed by atoms with Crippen molar-refractivity contribution in [3.63, 3.8) is 0 Å². The molecule has 0 unspecified atom stereocenters. The lowest BCUT2D eigenvalue weighted by Crippen LogP contribution is -2.40. The second-order valence-electron chi connectivity index (χ2n) is 4.82. The van der Waals surface area contributed by atoms with E-state index in [2.05, 4.69) is 0 Å². The van der Waals surface area contributed by atoms with Crippen LogP contribution in [0.4, 0.5) is 4.39 Å². The normalized spacial score (nSPS) is 11.2. The molecule has 0 aliphatic heterocycles. The number of methoxy groups -OCH3 is 1. The van der Waals surface area contributed by atoms with E-state index in [-0.39, 0.29) is 12.1 Å². The molecule has 0 aliphatic carbocycles. The quantitative estimate of drug-likeness (QED) is 0.890. The van der Waals surface area contributed by atoms with Crippen LogP contribution >= 0.6 is 0 Å². The van der Waals surface area contributed by atoms with Crippen LogP contribution < -0.4 is 4.74 Å². The molecule has 4 nitrogen and oxygen atoms in total. The fourth-order valence-electron chi connectivity index (χ4n) is 1.65. The summed E-state index contributed by atoms with van der Waals surface area (Å²) in [6.07, 6.45) is 0. The molecular formula is C13H18FNO3. The molecular weight excluding hydrogens is 237 g/mol. The zero-order valence-corrected chi connectivity index (χ0v) is 11.0. The van der Waals surface area contributed by atoms with Gasteiger partial charge in [-0.05, 0) is 26.0 Å². The number of rotatable bonds is 4. The Labute approximate surface area is 106 Å². The molecule has 5 heteroatoms. The van der Waals surface area contributed by atoms with Gasteiger partial charge in [0.15, 0.2) is 0 Å². The number of benzene rings is 1. The minimum atomic E-state index is -1.02. The number of ether oxygens (including phenoxy) is 1. The summed E-state index contributed by atoms with van der Waals surface area (Å²) in [6, 6.07) is 4.05. The highest BCUT2D eigenvalue weighted by atomic mass is 19.1. The summed E-state index contributed by atoms with van der Waals surface area (Å²) < 4.78 is 18.6. The van der Waals surface area contributed by atoms with Gasteiger partial charge in [-0.1, -0.05) is 0 Å². The molecule has 1 rings (SSSR count). The molecule has 1 amide bonds. The molecule has 0 aromatic heterocycles. The first kappa shape index (κ1) is 14.4. The lowest BCUT2D eigenvalue weighted by molar-refractivity contribution is 0.0365. The van der Waals surface area contributed by atoms with Crippen LogP contribution in [0.25, 0.3) is 0 Å². The third-order valence-corrected chi connectivity index (χ3v) is 2.38. The zero-order chi connectivity index (χ0) is 13.9. The van der Waals surface area contributed by atoms with Crippen LogP contribution in [0.15, 0.2) is 18.2 Å². The Morgan fingerprint density at radius 1 is 1.50 bits per heavy atom. The highest BCUT2D eigenvalue weighted by Crippen LogP contribution is 2.18. The SMILES string of the molecule is COc1ccc(C(=O)N(C)CC(C)(C)O)c(F)c1. The van der Waals surface area contributed by atoms with Gasteiger partial charge in [0.05, 0.1) is 18.3 Å². The van der Waals surface area contributed by atoms with E-state index in [0.29, 0.717) is 5.75 Å². The van der Waals surface area contributed by atoms with E-state index in [1.807, 2.05) is 0 Å². The molecule has 18 heavy (non-hydrogen) atoms. The summed E-state index contributed by atoms with van der Waals surface area (Å²) in [7, 11) is 2.95. The van der Waals surface area contributed by atoms with Gasteiger partial charge in [-0.15, -0.1) is 0 Å². The van der Waals surface area contributed by atoms with Gasteiger partial charge < -0.3 is 14.7 Å². The number of aliphatic hydroxyl groups is 1. The number of amides is 1. The highest BCUT2D eigenvalue weighted by Gasteiger charge is 2.22. The molecule has 0 saturated heterocycles. The number of nitrogens with zero attached hydrogens (tertiary/aromatic N) is 1. The molecule has 1 aromatic carbocycles. The van der Waals surface area contributed by atoms with Gasteiger partial charge in [0.1, 0.15) is 11.6 Å². The summed E-state index contributed by atoms with van der Waals surface area (Å²) in [5.74, 6) is -0.756. The third kappa shape index (κ3) is 3.70. The van der Waals surface area contributed by atoms with E-state index in [9.17, 15) is 14.3 Å². The number of carbonyl (C=O) groups is 1. The first-order valence-electron chi connectivity index (χ1n) is 5.56. The lowest BCUT2D eigenvalue weighted by Gasteiger charge is -2.25. The van der Waals surface area contributed by atoms with Gasteiger partial charge in [0, 0.05) is 19.7 Å². The molecule has 0 bridgehead atoms. The van der Waals surface area contributed by atoms with Gasteiger partial charge >= 0.3 is 0 Å². The topological polar surface area (TPSA) is 49.8 Å². The highest BCUT2D eigenvalue weighted by molar-refractivity contribution is 5.94. The van der Waals surface area contributed by atoms with Gasteiger partial charge in [0.2, 0.25) is 0 Å². The molecule has 100 valence electrons. The monoisotopic (exact) mass is 255 g/mol. The Hall–Kier alpha value is -1.62. The van der Waals surface area contributed by atoms with E-state index >= 15 is 0 Å². The third-order valence-electron chi connectivity index (χ3n) is 2.38. The van der Waals surface area contributed by atoms with Crippen molar-refractivity contribution in [1.29, 1.82) is 0 Å². The first-order chi connectivity index (χ1) is 8.24. The van der Waals surface area contributed by atoms with Gasteiger partial charge in [-0.25, -0.2) is 4.39 Å². The zero-order valence-electron chi connectivity index (χ0n) is 11.0. The maximum absolute atomic E-state index is 13.7. The van der Waals surface area contributed by atoms with E-state index < -0.39 is 17.3 Å². The van der Waals surface area contributed by atoms with Crippen molar-refractivity contribution in [1.82, 2.24) is 4.90 Å². The van der Waals surface area contributed by atoms with E-state index in [1.54, 1.807) is 13.8 Å². The summed E-state index contributed by atoms with van der Waals surface area (Å²) in [4.78, 5) is 13.3. The van der Waals surface area contributed by atoms with Crippen molar-refractivity contribution in [3.8, 4) is 5.75 Å². The fraction of sp³-hybridized carbons (Fsp3) is 0.462. The molecule has 0 saturated carbocycles. The van der Waals surface area contributed by atoms with Crippen LogP contribution in [0.5, 0.6) is 5.75 Å². The Morgan fingerprint density at radius 2 is 2.11 bits per heavy atom. The summed E-state index contributed by atoms with van der Waals surface area (Å²) in [5.41, 5.74) is -1.06. The molecule has 0 atom stereocenters. The number of halogens is 1. The summed E-state index contributed by atoms with van der Waals surface area (Å²) in [5, 5.41) is 9.63. The number of carbonyl (C=O) groups excluding carboxylic acids is 1. The first-order valence-corrected chi connectivity index (χ1v) is 5.56. The molecule has 0 heterocycles. The predicted molar refractivity (Wildman–Crippen MR) is 66.2 cm³/mol. The Morgan fingerprint density at radius 3 is 2.56 bits per heavy atom. The summed E-state index contributed by atoms with van der Waals surface area (Å²) >= 11 is 0. The Bertz CT molecular complexity index is 440. The predicted octanol–water partition coefficient (Wildman–Crippen LogP) is 1.68. The fourth-order valence-corrected chi connectivity index (χ4v) is 1.65. The average molecular weight is 255 g/mol. The Balaban J connectivity index is 2.90. The van der Waals surface area contributed by atoms with Crippen LogP contribution in [-0.4, -0.2) is 42.2 Å². The van der Waals surface area contributed by atoms with Crippen molar-refractivity contribution in [3.05, 3.63) is 29.6 Å².